The first kappa shape index (κ1) is 19.3. The number of nitrogen functional groups attached to an aromatic ring is 1. The van der Waals surface area contributed by atoms with E-state index in [2.05, 4.69) is 5.32 Å². The zero-order valence-electron chi connectivity index (χ0n) is 16.9. The summed E-state index contributed by atoms with van der Waals surface area (Å²) in [5.41, 5.74) is 10.8. The fraction of sp³-hybridized carbons (Fsp3) is 0.391. The number of carbonyl (C=O) groups is 2. The van der Waals surface area contributed by atoms with E-state index in [1.165, 1.54) is 5.56 Å². The maximum Gasteiger partial charge on any atom is 0.227 e. The molecule has 2 aliphatic rings. The van der Waals surface area contributed by atoms with E-state index in [0.717, 1.165) is 41.8 Å². The second-order valence-corrected chi connectivity index (χ2v) is 7.99. The fourth-order valence-corrected chi connectivity index (χ4v) is 4.40. The van der Waals surface area contributed by atoms with Gasteiger partial charge in [0.1, 0.15) is 5.75 Å². The Labute approximate surface area is 171 Å². The van der Waals surface area contributed by atoms with Crippen molar-refractivity contribution < 1.29 is 14.3 Å². The third kappa shape index (κ3) is 3.79. The molecule has 0 bridgehead atoms. The normalized spacial score (nSPS) is 21.0. The Morgan fingerprint density at radius 3 is 2.86 bits per heavy atom. The lowest BCUT2D eigenvalue weighted by Crippen LogP contribution is -2.37. The second kappa shape index (κ2) is 7.78. The fourth-order valence-electron chi connectivity index (χ4n) is 4.40. The number of hydrogen-bond acceptors (Lipinski definition) is 4. The van der Waals surface area contributed by atoms with E-state index in [1.54, 1.807) is 12.0 Å². The first-order chi connectivity index (χ1) is 14.0. The van der Waals surface area contributed by atoms with Crippen LogP contribution in [0.3, 0.4) is 0 Å². The highest BCUT2D eigenvalue weighted by Gasteiger charge is 2.37. The van der Waals surface area contributed by atoms with Crippen molar-refractivity contribution in [3.8, 4) is 5.75 Å². The van der Waals surface area contributed by atoms with Gasteiger partial charge in [0.05, 0.1) is 24.8 Å². The summed E-state index contributed by atoms with van der Waals surface area (Å²) < 4.78 is 5.42. The molecule has 4 rings (SSSR count). The number of nitrogens with zero attached hydrogens (tertiary/aromatic N) is 1. The molecule has 6 heteroatoms. The average Bonchev–Trinajstić information content (AvgIpc) is 3.09. The van der Waals surface area contributed by atoms with E-state index in [-0.39, 0.29) is 30.2 Å². The van der Waals surface area contributed by atoms with Gasteiger partial charge >= 0.3 is 0 Å². The summed E-state index contributed by atoms with van der Waals surface area (Å²) >= 11 is 0. The predicted octanol–water partition coefficient (Wildman–Crippen LogP) is 3.13. The molecule has 1 fully saturated rings. The number of benzene rings is 2. The van der Waals surface area contributed by atoms with Crippen LogP contribution in [0.25, 0.3) is 0 Å². The van der Waals surface area contributed by atoms with Gasteiger partial charge in [-0.05, 0) is 67.1 Å². The Balaban J connectivity index is 1.49. The van der Waals surface area contributed by atoms with Crippen molar-refractivity contribution in [3.05, 3.63) is 53.1 Å². The van der Waals surface area contributed by atoms with Crippen molar-refractivity contribution in [1.82, 2.24) is 5.32 Å². The van der Waals surface area contributed by atoms with E-state index in [9.17, 15) is 9.59 Å². The van der Waals surface area contributed by atoms with Crippen molar-refractivity contribution in [2.75, 3.05) is 24.3 Å². The number of nitrogens with two attached hydrogens (primary N) is 1. The van der Waals surface area contributed by atoms with E-state index >= 15 is 0 Å². The van der Waals surface area contributed by atoms with Gasteiger partial charge in [-0.2, -0.15) is 0 Å². The molecule has 152 valence electrons. The first-order valence-corrected chi connectivity index (χ1v) is 10.1. The van der Waals surface area contributed by atoms with Gasteiger partial charge < -0.3 is 20.7 Å². The molecule has 29 heavy (non-hydrogen) atoms. The molecule has 3 N–H and O–H groups in total. The van der Waals surface area contributed by atoms with Crippen LogP contribution in [0.5, 0.6) is 5.75 Å². The largest absolute Gasteiger partial charge is 0.495 e. The second-order valence-electron chi connectivity index (χ2n) is 7.99. The zero-order chi connectivity index (χ0) is 20.5. The van der Waals surface area contributed by atoms with Crippen LogP contribution in [0.4, 0.5) is 11.4 Å². The molecule has 1 aliphatic heterocycles. The Kier molecular flexibility index (Phi) is 5.18. The summed E-state index contributed by atoms with van der Waals surface area (Å²) in [7, 11) is 1.59. The SMILES string of the molecule is COc1ccc(C)cc1N1CC(C(=O)NC2CCCc3cc(N)ccc32)CC1=O. The number of amides is 2. The van der Waals surface area contributed by atoms with Gasteiger partial charge in [-0.25, -0.2) is 0 Å². The number of ether oxygens (including phenoxy) is 1. The molecule has 0 aromatic heterocycles. The maximum absolute atomic E-state index is 13.0. The molecular formula is C23H27N3O3. The summed E-state index contributed by atoms with van der Waals surface area (Å²) in [6.07, 6.45) is 3.11. The van der Waals surface area contributed by atoms with Crippen LogP contribution >= 0.6 is 0 Å². The molecule has 1 aliphatic carbocycles. The van der Waals surface area contributed by atoms with Crippen molar-refractivity contribution in [2.45, 2.75) is 38.6 Å². The molecule has 0 radical (unpaired) electrons. The summed E-state index contributed by atoms with van der Waals surface area (Å²) in [6.45, 7) is 2.34. The quantitative estimate of drug-likeness (QED) is 0.782. The standard InChI is InChI=1S/C23H27N3O3/c1-14-6-9-21(29-2)20(10-14)26-13-16(12-22(26)27)23(28)25-19-5-3-4-15-11-17(24)7-8-18(15)19/h6-11,16,19H,3-5,12-13,24H2,1-2H3,(H,25,28). The molecular weight excluding hydrogens is 366 g/mol. The number of nitrogens with one attached hydrogen (secondary N) is 1. The number of aryl methyl sites for hydroxylation is 2. The molecule has 2 unspecified atom stereocenters. The lowest BCUT2D eigenvalue weighted by molar-refractivity contribution is -0.127. The molecule has 6 nitrogen and oxygen atoms in total. The van der Waals surface area contributed by atoms with E-state index < -0.39 is 0 Å². The minimum Gasteiger partial charge on any atom is -0.495 e. The number of fused-ring (bicyclic) bond motifs is 1. The van der Waals surface area contributed by atoms with Crippen LogP contribution in [0.15, 0.2) is 36.4 Å². The smallest absolute Gasteiger partial charge is 0.227 e. The number of anilines is 2. The minimum absolute atomic E-state index is 0.0236. The van der Waals surface area contributed by atoms with Crippen LogP contribution in [-0.2, 0) is 16.0 Å². The lowest BCUT2D eigenvalue weighted by atomic mass is 9.87. The molecule has 2 aromatic rings. The van der Waals surface area contributed by atoms with E-state index in [1.807, 2.05) is 43.3 Å². The third-order valence-corrected chi connectivity index (χ3v) is 5.92. The molecule has 1 saturated heterocycles. The van der Waals surface area contributed by atoms with Crippen LogP contribution < -0.4 is 20.7 Å². The molecule has 2 amide bonds. The van der Waals surface area contributed by atoms with Gasteiger partial charge in [-0.1, -0.05) is 12.1 Å². The highest BCUT2D eigenvalue weighted by atomic mass is 16.5. The van der Waals surface area contributed by atoms with Gasteiger partial charge in [0.25, 0.3) is 0 Å². The Bertz CT molecular complexity index is 956. The monoisotopic (exact) mass is 393 g/mol. The van der Waals surface area contributed by atoms with Crippen LogP contribution in [-0.4, -0.2) is 25.5 Å². The summed E-state index contributed by atoms with van der Waals surface area (Å²) in [5.74, 6) is 0.156. The van der Waals surface area contributed by atoms with Gasteiger partial charge in [-0.3, -0.25) is 9.59 Å². The lowest BCUT2D eigenvalue weighted by Gasteiger charge is -2.27. The molecule has 2 aromatic carbocycles. The van der Waals surface area contributed by atoms with Crippen LogP contribution in [0.1, 0.15) is 42.0 Å². The maximum atomic E-state index is 13.0. The van der Waals surface area contributed by atoms with Crippen LogP contribution in [0, 0.1) is 12.8 Å². The molecule has 0 spiro atoms. The van der Waals surface area contributed by atoms with Crippen molar-refractivity contribution >= 4 is 23.2 Å². The van der Waals surface area contributed by atoms with Crippen molar-refractivity contribution in [3.63, 3.8) is 0 Å². The summed E-state index contributed by atoms with van der Waals surface area (Å²) in [5, 5.41) is 3.18. The molecule has 2 atom stereocenters. The number of rotatable bonds is 4. The molecule has 1 heterocycles. The van der Waals surface area contributed by atoms with E-state index in [0.29, 0.717) is 12.3 Å². The first-order valence-electron chi connectivity index (χ1n) is 10.1. The van der Waals surface area contributed by atoms with E-state index in [4.69, 9.17) is 10.5 Å². The van der Waals surface area contributed by atoms with Gasteiger partial charge in [0.2, 0.25) is 11.8 Å². The number of hydrogen-bond donors (Lipinski definition) is 2. The van der Waals surface area contributed by atoms with Gasteiger partial charge in [0, 0.05) is 18.7 Å². The number of methoxy groups -OCH3 is 1. The predicted molar refractivity (Wildman–Crippen MR) is 113 cm³/mol. The Morgan fingerprint density at radius 2 is 2.07 bits per heavy atom. The topological polar surface area (TPSA) is 84.7 Å². The highest BCUT2D eigenvalue weighted by molar-refractivity contribution is 6.01. The summed E-state index contributed by atoms with van der Waals surface area (Å²) in [6, 6.07) is 11.6. The molecule has 0 saturated carbocycles. The van der Waals surface area contributed by atoms with Gasteiger partial charge in [0.15, 0.2) is 0 Å². The van der Waals surface area contributed by atoms with Gasteiger partial charge in [-0.15, -0.1) is 0 Å². The van der Waals surface area contributed by atoms with Crippen molar-refractivity contribution in [1.29, 1.82) is 0 Å². The van der Waals surface area contributed by atoms with Crippen LogP contribution in [0.2, 0.25) is 0 Å². The Hall–Kier alpha value is -3.02. The number of carbonyl (C=O) groups excluding carboxylic acids is 2. The zero-order valence-corrected chi connectivity index (χ0v) is 16.9. The average molecular weight is 393 g/mol. The third-order valence-electron chi connectivity index (χ3n) is 5.92. The summed E-state index contributed by atoms with van der Waals surface area (Å²) in [4.78, 5) is 27.3. The minimum atomic E-state index is -0.369. The van der Waals surface area contributed by atoms with Crippen molar-refractivity contribution in [2.24, 2.45) is 5.92 Å². The Morgan fingerprint density at radius 1 is 1.24 bits per heavy atom. The highest BCUT2D eigenvalue weighted by Crippen LogP contribution is 2.35.